The van der Waals surface area contributed by atoms with Gasteiger partial charge in [-0.3, -0.25) is 4.57 Å². The van der Waals surface area contributed by atoms with Crippen molar-refractivity contribution in [1.29, 1.82) is 0 Å². The molecule has 0 unspecified atom stereocenters. The Labute approximate surface area is 168 Å². The molecule has 0 radical (unpaired) electrons. The normalized spacial score (nSPS) is 11.6. The zero-order valence-electron chi connectivity index (χ0n) is 14.8. The van der Waals surface area contributed by atoms with Gasteiger partial charge < -0.3 is 0 Å². The Morgan fingerprint density at radius 3 is 2.14 bits per heavy atom. The number of anilines is 1. The number of rotatable bonds is 3. The standard InChI is InChI=1S/C21H13F4N3S/c22-21(23,24)20-26-17-8-4-5-9-18(17)27(20)15-10-12-16(13-11-15)28(25)19(29)14-6-2-1-3-7-14/h1-13H. The maximum Gasteiger partial charge on any atom is 0.450 e. The first-order valence-corrected chi connectivity index (χ1v) is 8.97. The van der Waals surface area contributed by atoms with Crippen LogP contribution in [0.4, 0.5) is 23.3 Å². The number of fused-ring (bicyclic) bond motifs is 1. The molecule has 3 nitrogen and oxygen atoms in total. The summed E-state index contributed by atoms with van der Waals surface area (Å²) in [6.07, 6.45) is -4.64. The van der Waals surface area contributed by atoms with E-state index < -0.39 is 12.0 Å². The van der Waals surface area contributed by atoms with Crippen molar-refractivity contribution in [2.45, 2.75) is 6.18 Å². The number of benzene rings is 3. The second-order valence-electron chi connectivity index (χ2n) is 6.23. The highest BCUT2D eigenvalue weighted by atomic mass is 32.1. The van der Waals surface area contributed by atoms with Crippen LogP contribution in [0.15, 0.2) is 78.9 Å². The molecular weight excluding hydrogens is 402 g/mol. The lowest BCUT2D eigenvalue weighted by Crippen LogP contribution is -2.20. The highest BCUT2D eigenvalue weighted by Crippen LogP contribution is 2.34. The third-order valence-electron chi connectivity index (χ3n) is 4.35. The van der Waals surface area contributed by atoms with Crippen molar-refractivity contribution in [3.63, 3.8) is 0 Å². The van der Waals surface area contributed by atoms with E-state index >= 15 is 0 Å². The molecule has 146 valence electrons. The lowest BCUT2D eigenvalue weighted by molar-refractivity contribution is -0.145. The summed E-state index contributed by atoms with van der Waals surface area (Å²) < 4.78 is 56.2. The molecule has 0 aliphatic carbocycles. The number of imidazole rings is 1. The van der Waals surface area contributed by atoms with Gasteiger partial charge in [-0.25, -0.2) is 4.98 Å². The van der Waals surface area contributed by atoms with E-state index in [2.05, 4.69) is 4.98 Å². The second-order valence-corrected chi connectivity index (χ2v) is 6.61. The molecule has 1 aromatic heterocycles. The molecule has 0 aliphatic heterocycles. The largest absolute Gasteiger partial charge is 0.450 e. The monoisotopic (exact) mass is 415 g/mol. The van der Waals surface area contributed by atoms with E-state index in [4.69, 9.17) is 12.2 Å². The molecule has 1 heterocycles. The van der Waals surface area contributed by atoms with E-state index in [0.29, 0.717) is 16.2 Å². The van der Waals surface area contributed by atoms with Crippen LogP contribution in [-0.2, 0) is 6.18 Å². The summed E-state index contributed by atoms with van der Waals surface area (Å²) >= 11 is 5.16. The molecule has 0 atom stereocenters. The van der Waals surface area contributed by atoms with E-state index in [1.54, 1.807) is 48.5 Å². The fraction of sp³-hybridized carbons (Fsp3) is 0.0476. The van der Waals surface area contributed by atoms with Gasteiger partial charge in [0.1, 0.15) is 4.99 Å². The van der Waals surface area contributed by atoms with E-state index in [9.17, 15) is 17.7 Å². The number of alkyl halides is 3. The molecule has 8 heteroatoms. The second kappa shape index (κ2) is 7.29. The van der Waals surface area contributed by atoms with Gasteiger partial charge in [-0.2, -0.15) is 18.3 Å². The van der Waals surface area contributed by atoms with E-state index in [-0.39, 0.29) is 21.9 Å². The van der Waals surface area contributed by atoms with Gasteiger partial charge in [0, 0.05) is 11.3 Å². The first kappa shape index (κ1) is 19.1. The number of aromatic nitrogens is 2. The van der Waals surface area contributed by atoms with Gasteiger partial charge in [0.05, 0.1) is 16.7 Å². The van der Waals surface area contributed by atoms with E-state index in [1.165, 1.54) is 30.3 Å². The van der Waals surface area contributed by atoms with Crippen molar-refractivity contribution in [2.75, 3.05) is 5.12 Å². The van der Waals surface area contributed by atoms with Gasteiger partial charge in [-0.1, -0.05) is 59.2 Å². The minimum absolute atomic E-state index is 0.0394. The molecule has 0 aliphatic rings. The molecule has 0 fully saturated rings. The van der Waals surface area contributed by atoms with Crippen LogP contribution in [0.25, 0.3) is 16.7 Å². The van der Waals surface area contributed by atoms with Gasteiger partial charge in [0.2, 0.25) is 5.82 Å². The quantitative estimate of drug-likeness (QED) is 0.229. The highest BCUT2D eigenvalue weighted by Gasteiger charge is 2.38. The van der Waals surface area contributed by atoms with Crippen LogP contribution >= 0.6 is 12.2 Å². The molecule has 3 aromatic carbocycles. The summed E-state index contributed by atoms with van der Waals surface area (Å²) in [5, 5.41) is 0.325. The van der Waals surface area contributed by atoms with Crippen LogP contribution < -0.4 is 5.12 Å². The van der Waals surface area contributed by atoms with Crippen LogP contribution in [0.2, 0.25) is 0 Å². The van der Waals surface area contributed by atoms with Crippen molar-refractivity contribution in [3.05, 3.63) is 90.3 Å². The van der Waals surface area contributed by atoms with Gasteiger partial charge in [-0.05, 0) is 36.4 Å². The molecule has 0 spiro atoms. The number of hydrogen-bond donors (Lipinski definition) is 0. The van der Waals surface area contributed by atoms with Crippen molar-refractivity contribution < 1.29 is 17.7 Å². The minimum Gasteiger partial charge on any atom is -0.289 e. The zero-order chi connectivity index (χ0) is 20.6. The Hall–Kier alpha value is -3.26. The Morgan fingerprint density at radius 2 is 1.48 bits per heavy atom. The number of para-hydroxylation sites is 2. The third-order valence-corrected chi connectivity index (χ3v) is 4.74. The summed E-state index contributed by atoms with van der Waals surface area (Å²) in [5.41, 5.74) is 1.38. The maximum absolute atomic E-state index is 14.7. The summed E-state index contributed by atoms with van der Waals surface area (Å²) in [6.45, 7) is 0. The molecule has 4 rings (SSSR count). The smallest absolute Gasteiger partial charge is 0.289 e. The molecule has 0 amide bonds. The molecular formula is C21H13F4N3S. The highest BCUT2D eigenvalue weighted by molar-refractivity contribution is 7.81. The van der Waals surface area contributed by atoms with Crippen LogP contribution in [0.1, 0.15) is 11.4 Å². The Kier molecular flexibility index (Phi) is 4.79. The fourth-order valence-corrected chi connectivity index (χ4v) is 3.26. The van der Waals surface area contributed by atoms with E-state index in [0.717, 1.165) is 4.57 Å². The maximum atomic E-state index is 14.7. The van der Waals surface area contributed by atoms with Gasteiger partial charge in [0.25, 0.3) is 0 Å². The Bertz CT molecular complexity index is 1170. The number of nitrogens with zero attached hydrogens (tertiary/aromatic N) is 3. The molecule has 0 bridgehead atoms. The SMILES string of the molecule is FN(C(=S)c1ccccc1)c1ccc(-n2c(C(F)(F)F)nc3ccccc32)cc1. The van der Waals surface area contributed by atoms with E-state index in [1.807, 2.05) is 0 Å². The number of hydrogen-bond acceptors (Lipinski definition) is 2. The number of halogens is 4. The van der Waals surface area contributed by atoms with Crippen LogP contribution in [-0.4, -0.2) is 14.5 Å². The lowest BCUT2D eigenvalue weighted by atomic mass is 10.2. The van der Waals surface area contributed by atoms with Gasteiger partial charge in [-0.15, -0.1) is 0 Å². The molecule has 29 heavy (non-hydrogen) atoms. The van der Waals surface area contributed by atoms with Crippen LogP contribution in [0.5, 0.6) is 0 Å². The molecule has 0 N–H and O–H groups in total. The molecule has 4 aromatic rings. The van der Waals surface area contributed by atoms with Crippen LogP contribution in [0, 0.1) is 0 Å². The van der Waals surface area contributed by atoms with Gasteiger partial charge >= 0.3 is 6.18 Å². The Balaban J connectivity index is 1.73. The predicted octanol–water partition coefficient (Wildman–Crippen LogP) is 6.11. The fourth-order valence-electron chi connectivity index (χ4n) is 3.02. The van der Waals surface area contributed by atoms with Crippen molar-refractivity contribution >= 4 is 33.9 Å². The third kappa shape index (κ3) is 3.58. The summed E-state index contributed by atoms with van der Waals surface area (Å²) in [7, 11) is 0. The summed E-state index contributed by atoms with van der Waals surface area (Å²) in [6, 6.07) is 20.5. The van der Waals surface area contributed by atoms with Crippen molar-refractivity contribution in [3.8, 4) is 5.69 Å². The summed E-state index contributed by atoms with van der Waals surface area (Å²) in [5.74, 6) is -1.04. The first-order chi connectivity index (χ1) is 13.9. The van der Waals surface area contributed by atoms with Crippen molar-refractivity contribution in [1.82, 2.24) is 9.55 Å². The molecule has 0 saturated carbocycles. The Morgan fingerprint density at radius 1 is 0.862 bits per heavy atom. The zero-order valence-corrected chi connectivity index (χ0v) is 15.6. The first-order valence-electron chi connectivity index (χ1n) is 8.56. The number of thiocarbonyl (C=S) groups is 1. The topological polar surface area (TPSA) is 21.1 Å². The average molecular weight is 415 g/mol. The lowest BCUT2D eigenvalue weighted by Gasteiger charge is -2.16. The summed E-state index contributed by atoms with van der Waals surface area (Å²) in [4.78, 5) is 3.68. The van der Waals surface area contributed by atoms with Gasteiger partial charge in [0.15, 0.2) is 0 Å². The average Bonchev–Trinajstić information content (AvgIpc) is 3.14. The van der Waals surface area contributed by atoms with Crippen LogP contribution in [0.3, 0.4) is 0 Å². The van der Waals surface area contributed by atoms with Crippen molar-refractivity contribution in [2.24, 2.45) is 0 Å². The molecule has 0 saturated heterocycles. The minimum atomic E-state index is -4.64. The predicted molar refractivity (Wildman–Crippen MR) is 108 cm³/mol.